The maximum Gasteiger partial charge on any atom is 0.257 e. The van der Waals surface area contributed by atoms with Crippen LogP contribution in [0.15, 0.2) is 46.2 Å². The normalized spacial score (nSPS) is 14.7. The monoisotopic (exact) mass is 432 g/mol. The number of aryl methyl sites for hydroxylation is 1. The number of pyridine rings is 1. The van der Waals surface area contributed by atoms with E-state index >= 15 is 0 Å². The van der Waals surface area contributed by atoms with Gasteiger partial charge in [-0.3, -0.25) is 9.59 Å². The third kappa shape index (κ3) is 4.57. The van der Waals surface area contributed by atoms with Crippen molar-refractivity contribution in [2.24, 2.45) is 0 Å². The van der Waals surface area contributed by atoms with E-state index in [1.165, 1.54) is 30.8 Å². The number of aromatic nitrogens is 1. The first kappa shape index (κ1) is 22.0. The van der Waals surface area contributed by atoms with Crippen LogP contribution >= 0.6 is 0 Å². The second-order valence-corrected chi connectivity index (χ2v) is 9.66. The predicted octanol–water partition coefficient (Wildman–Crippen LogP) is 2.36. The number of carbonyl (C=O) groups is 1. The quantitative estimate of drug-likeness (QED) is 0.757. The van der Waals surface area contributed by atoms with Gasteiger partial charge >= 0.3 is 0 Å². The SMILES string of the molecule is CCn1cc(NC(=O)c2cc(S(=O)(=O)N(C)C)ccc2N2CCCCC2)ccc1=O. The molecule has 162 valence electrons. The van der Waals surface area contributed by atoms with Crippen molar-refractivity contribution in [2.45, 2.75) is 37.6 Å². The molecular weight excluding hydrogens is 404 g/mol. The highest BCUT2D eigenvalue weighted by molar-refractivity contribution is 7.89. The fourth-order valence-corrected chi connectivity index (χ4v) is 4.46. The molecule has 0 unspecified atom stereocenters. The first-order chi connectivity index (χ1) is 14.2. The minimum Gasteiger partial charge on any atom is -0.371 e. The van der Waals surface area contributed by atoms with Crippen molar-refractivity contribution in [1.29, 1.82) is 0 Å². The Balaban J connectivity index is 2.02. The summed E-state index contributed by atoms with van der Waals surface area (Å²) in [4.78, 5) is 27.2. The van der Waals surface area contributed by atoms with Gasteiger partial charge in [-0.2, -0.15) is 0 Å². The molecule has 1 aromatic heterocycles. The Morgan fingerprint density at radius 1 is 1.10 bits per heavy atom. The summed E-state index contributed by atoms with van der Waals surface area (Å²) in [5.74, 6) is -0.410. The average Bonchev–Trinajstić information content (AvgIpc) is 2.75. The van der Waals surface area contributed by atoms with E-state index in [-0.39, 0.29) is 10.5 Å². The van der Waals surface area contributed by atoms with Gasteiger partial charge < -0.3 is 14.8 Å². The summed E-state index contributed by atoms with van der Waals surface area (Å²) in [5.41, 5.74) is 1.35. The highest BCUT2D eigenvalue weighted by atomic mass is 32.2. The van der Waals surface area contributed by atoms with Gasteiger partial charge in [0.15, 0.2) is 0 Å². The third-order valence-electron chi connectivity index (χ3n) is 5.27. The summed E-state index contributed by atoms with van der Waals surface area (Å²) in [7, 11) is -0.760. The first-order valence-electron chi connectivity index (χ1n) is 10.1. The molecule has 0 spiro atoms. The molecule has 1 aliphatic rings. The number of sulfonamides is 1. The fourth-order valence-electron chi connectivity index (χ4n) is 3.53. The van der Waals surface area contributed by atoms with Crippen molar-refractivity contribution in [3.05, 3.63) is 52.4 Å². The Hall–Kier alpha value is -2.65. The maximum absolute atomic E-state index is 13.2. The second kappa shape index (κ2) is 9.01. The van der Waals surface area contributed by atoms with Gasteiger partial charge in [0, 0.05) is 51.7 Å². The number of hydrogen-bond donors (Lipinski definition) is 1. The largest absolute Gasteiger partial charge is 0.371 e. The molecule has 1 aliphatic heterocycles. The zero-order valence-corrected chi connectivity index (χ0v) is 18.4. The van der Waals surface area contributed by atoms with Crippen molar-refractivity contribution < 1.29 is 13.2 Å². The minimum absolute atomic E-state index is 0.0666. The summed E-state index contributed by atoms with van der Waals surface area (Å²) in [5, 5.41) is 2.81. The summed E-state index contributed by atoms with van der Waals surface area (Å²) in [6, 6.07) is 7.65. The smallest absolute Gasteiger partial charge is 0.257 e. The zero-order valence-electron chi connectivity index (χ0n) is 17.6. The van der Waals surface area contributed by atoms with Crippen molar-refractivity contribution in [3.63, 3.8) is 0 Å². The molecular formula is C21H28N4O4S. The minimum atomic E-state index is -3.68. The molecule has 2 heterocycles. The van der Waals surface area contributed by atoms with E-state index < -0.39 is 15.9 Å². The highest BCUT2D eigenvalue weighted by Gasteiger charge is 2.24. The van der Waals surface area contributed by atoms with Crippen molar-refractivity contribution in [1.82, 2.24) is 8.87 Å². The number of rotatable bonds is 6. The van der Waals surface area contributed by atoms with Crippen LogP contribution in [0.3, 0.4) is 0 Å². The Bertz CT molecular complexity index is 1090. The molecule has 1 fully saturated rings. The number of nitrogens with zero attached hydrogens (tertiary/aromatic N) is 3. The van der Waals surface area contributed by atoms with Gasteiger partial charge in [-0.25, -0.2) is 12.7 Å². The molecule has 8 nitrogen and oxygen atoms in total. The van der Waals surface area contributed by atoms with Gasteiger partial charge in [-0.1, -0.05) is 0 Å². The molecule has 0 saturated carbocycles. The second-order valence-electron chi connectivity index (χ2n) is 7.51. The summed E-state index contributed by atoms with van der Waals surface area (Å²) in [6.45, 7) is 3.97. The van der Waals surface area contributed by atoms with Crippen LogP contribution < -0.4 is 15.8 Å². The van der Waals surface area contributed by atoms with E-state index in [0.29, 0.717) is 23.5 Å². The molecule has 0 atom stereocenters. The molecule has 1 N–H and O–H groups in total. The number of anilines is 2. The molecule has 9 heteroatoms. The van der Waals surface area contributed by atoms with Gasteiger partial charge in [0.25, 0.3) is 11.5 Å². The lowest BCUT2D eigenvalue weighted by molar-refractivity contribution is 0.102. The first-order valence-corrected chi connectivity index (χ1v) is 11.5. The number of nitrogens with one attached hydrogen (secondary N) is 1. The number of benzene rings is 1. The highest BCUT2D eigenvalue weighted by Crippen LogP contribution is 2.28. The van der Waals surface area contributed by atoms with E-state index in [2.05, 4.69) is 10.2 Å². The van der Waals surface area contributed by atoms with Crippen molar-refractivity contribution >= 4 is 27.3 Å². The maximum atomic E-state index is 13.2. The lowest BCUT2D eigenvalue weighted by Crippen LogP contribution is -2.32. The molecule has 1 amide bonds. The molecule has 3 rings (SSSR count). The predicted molar refractivity (Wildman–Crippen MR) is 118 cm³/mol. The summed E-state index contributed by atoms with van der Waals surface area (Å²) < 4.78 is 27.9. The van der Waals surface area contributed by atoms with Crippen molar-refractivity contribution in [3.8, 4) is 0 Å². The van der Waals surface area contributed by atoms with Crippen LogP contribution in [0.5, 0.6) is 0 Å². The topological polar surface area (TPSA) is 91.7 Å². The Labute approximate surface area is 177 Å². The van der Waals surface area contributed by atoms with Crippen LogP contribution in [0.4, 0.5) is 11.4 Å². The Morgan fingerprint density at radius 2 is 1.80 bits per heavy atom. The number of amides is 1. The Kier molecular flexibility index (Phi) is 6.62. The van der Waals surface area contributed by atoms with Crippen molar-refractivity contribution in [2.75, 3.05) is 37.4 Å². The van der Waals surface area contributed by atoms with Gasteiger partial charge in [-0.05, 0) is 50.5 Å². The fraction of sp³-hybridized carbons (Fsp3) is 0.429. The molecule has 1 aromatic carbocycles. The number of piperidine rings is 1. The van der Waals surface area contributed by atoms with Crippen LogP contribution in [-0.4, -0.2) is 50.4 Å². The van der Waals surface area contributed by atoms with Gasteiger partial charge in [0.05, 0.1) is 16.1 Å². The van der Waals surface area contributed by atoms with Crippen LogP contribution in [0, 0.1) is 0 Å². The lowest BCUT2D eigenvalue weighted by atomic mass is 10.1. The van der Waals surface area contributed by atoms with Crippen LogP contribution in [0.1, 0.15) is 36.5 Å². The Morgan fingerprint density at radius 3 is 2.43 bits per heavy atom. The molecule has 0 bridgehead atoms. The van der Waals surface area contributed by atoms with E-state index in [0.717, 1.165) is 36.7 Å². The number of hydrogen-bond acceptors (Lipinski definition) is 5. The molecule has 1 saturated heterocycles. The zero-order chi connectivity index (χ0) is 21.9. The summed E-state index contributed by atoms with van der Waals surface area (Å²) in [6.07, 6.45) is 4.78. The molecule has 0 aliphatic carbocycles. The molecule has 2 aromatic rings. The van der Waals surface area contributed by atoms with E-state index in [1.807, 2.05) is 6.92 Å². The standard InChI is InChI=1S/C21H28N4O4S/c1-4-24-15-16(8-11-20(24)26)22-21(27)18-14-17(30(28,29)23(2)3)9-10-19(18)25-12-6-5-7-13-25/h8-11,14-15H,4-7,12-13H2,1-3H3,(H,22,27). The van der Waals surface area contributed by atoms with Crippen LogP contribution in [0.2, 0.25) is 0 Å². The lowest BCUT2D eigenvalue weighted by Gasteiger charge is -2.30. The van der Waals surface area contributed by atoms with E-state index in [1.54, 1.807) is 24.4 Å². The van der Waals surface area contributed by atoms with Gasteiger partial charge in [0.1, 0.15) is 0 Å². The van der Waals surface area contributed by atoms with Gasteiger partial charge in [-0.15, -0.1) is 0 Å². The molecule has 30 heavy (non-hydrogen) atoms. The number of carbonyl (C=O) groups excluding carboxylic acids is 1. The van der Waals surface area contributed by atoms with E-state index in [4.69, 9.17) is 0 Å². The molecule has 0 radical (unpaired) electrons. The van der Waals surface area contributed by atoms with E-state index in [9.17, 15) is 18.0 Å². The summed E-state index contributed by atoms with van der Waals surface area (Å²) >= 11 is 0. The van der Waals surface area contributed by atoms with Crippen LogP contribution in [0.25, 0.3) is 0 Å². The van der Waals surface area contributed by atoms with Gasteiger partial charge in [0.2, 0.25) is 10.0 Å². The average molecular weight is 433 g/mol. The third-order valence-corrected chi connectivity index (χ3v) is 7.08. The van der Waals surface area contributed by atoms with Crippen LogP contribution in [-0.2, 0) is 16.6 Å².